The zero-order chi connectivity index (χ0) is 49.0. The van der Waals surface area contributed by atoms with Gasteiger partial charge < -0.3 is 9.80 Å². The highest BCUT2D eigenvalue weighted by Crippen LogP contribution is 2.47. The van der Waals surface area contributed by atoms with Crippen LogP contribution in [0.15, 0.2) is 255 Å². The van der Waals surface area contributed by atoms with E-state index in [0.717, 1.165) is 120 Å². The first kappa shape index (κ1) is 42.1. The molecule has 2 nitrogen and oxygen atoms in total. The van der Waals surface area contributed by atoms with Gasteiger partial charge in [0.15, 0.2) is 0 Å². The van der Waals surface area contributed by atoms with E-state index < -0.39 is 0 Å². The van der Waals surface area contributed by atoms with E-state index in [4.69, 9.17) is 0 Å². The Morgan fingerprint density at radius 3 is 0.716 bits per heavy atom. The summed E-state index contributed by atoms with van der Waals surface area (Å²) in [6, 6.07) is 88.2. The minimum absolute atomic E-state index is 0.293. The molecule has 0 aromatic heterocycles. The van der Waals surface area contributed by atoms with Gasteiger partial charge in [0, 0.05) is 34.1 Å². The average Bonchev–Trinajstić information content (AvgIpc) is 3.46. The monoisotopic (exact) mass is 948 g/mol. The third-order valence-corrected chi connectivity index (χ3v) is 15.3. The van der Waals surface area contributed by atoms with Crippen molar-refractivity contribution in [3.8, 4) is 0 Å². The minimum atomic E-state index is -0.293. The van der Waals surface area contributed by atoms with E-state index in [1.54, 1.807) is 24.3 Å². The normalized spacial score (nSPS) is 11.9. The molecule has 0 aliphatic rings. The van der Waals surface area contributed by atoms with Crippen LogP contribution in [0.4, 0.5) is 42.9 Å². The van der Waals surface area contributed by atoms with Crippen molar-refractivity contribution in [1.29, 1.82) is 0 Å². The number of fused-ring (bicyclic) bond motifs is 16. The Labute approximate surface area is 424 Å². The molecule has 0 N–H and O–H groups in total. The van der Waals surface area contributed by atoms with Crippen LogP contribution >= 0.6 is 0 Å². The second-order valence-electron chi connectivity index (χ2n) is 19.6. The predicted octanol–water partition coefficient (Wildman–Crippen LogP) is 20.4. The van der Waals surface area contributed by atoms with Gasteiger partial charge in [0.05, 0.1) is 0 Å². The summed E-state index contributed by atoms with van der Waals surface area (Å²) in [7, 11) is 0. The van der Waals surface area contributed by atoms with Crippen LogP contribution in [-0.2, 0) is 0 Å². The molecule has 0 saturated heterocycles. The average molecular weight is 949 g/mol. The highest BCUT2D eigenvalue weighted by atomic mass is 19.1. The largest absolute Gasteiger partial charge is 0.310 e. The summed E-state index contributed by atoms with van der Waals surface area (Å²) in [6.07, 6.45) is 0. The number of nitrogens with zero attached hydrogens (tertiary/aromatic N) is 2. The Morgan fingerprint density at radius 2 is 0.405 bits per heavy atom. The van der Waals surface area contributed by atoms with Gasteiger partial charge in [-0.15, -0.1) is 0 Å². The highest BCUT2D eigenvalue weighted by molar-refractivity contribution is 6.33. The standard InChI is InChI=1S/C70H42F2N2/c71-51-21-29-59-63(37-51)65-39-57(73(53-23-17-43-9-1-5-13-47(43)33-53)54-24-18-44-10-2-6-14-48(44)34-54)27-31-61(65)69-41-68-60-30-22-52(72)38-64(60)66-40-58(28-32-62(66)70(68)42-67(59)69)74(55-25-19-45-11-3-7-15-49(45)35-55)56-26-20-46-12-4-8-16-50(46)36-56/h1-42H. The third-order valence-electron chi connectivity index (χ3n) is 15.3. The number of anilines is 6. The van der Waals surface area contributed by atoms with E-state index in [1.165, 1.54) is 21.5 Å². The molecule has 0 radical (unpaired) electrons. The molecule has 15 rings (SSSR count). The molecular formula is C70H42F2N2. The first-order chi connectivity index (χ1) is 36.5. The van der Waals surface area contributed by atoms with Crippen molar-refractivity contribution < 1.29 is 8.78 Å². The maximum Gasteiger partial charge on any atom is 0.123 e. The molecule has 15 aromatic rings. The van der Waals surface area contributed by atoms with Crippen LogP contribution in [0.3, 0.4) is 0 Å². The smallest absolute Gasteiger partial charge is 0.123 e. The molecule has 0 saturated carbocycles. The molecular weight excluding hydrogens is 907 g/mol. The molecule has 0 heterocycles. The van der Waals surface area contributed by atoms with E-state index in [1.807, 2.05) is 12.1 Å². The van der Waals surface area contributed by atoms with Gasteiger partial charge in [0.2, 0.25) is 0 Å². The van der Waals surface area contributed by atoms with Crippen molar-refractivity contribution in [2.45, 2.75) is 0 Å². The Morgan fingerprint density at radius 1 is 0.176 bits per heavy atom. The molecule has 4 heteroatoms. The van der Waals surface area contributed by atoms with Gasteiger partial charge in [-0.3, -0.25) is 0 Å². The molecule has 15 aromatic carbocycles. The molecule has 0 aliphatic carbocycles. The van der Waals surface area contributed by atoms with Crippen LogP contribution in [0.1, 0.15) is 0 Å². The second-order valence-corrected chi connectivity index (χ2v) is 19.6. The van der Waals surface area contributed by atoms with Crippen molar-refractivity contribution in [3.05, 3.63) is 266 Å². The Kier molecular flexibility index (Phi) is 9.36. The van der Waals surface area contributed by atoms with Crippen LogP contribution in [0, 0.1) is 11.6 Å². The fourth-order valence-electron chi connectivity index (χ4n) is 11.9. The number of hydrogen-bond donors (Lipinski definition) is 0. The van der Waals surface area contributed by atoms with Crippen molar-refractivity contribution in [2.75, 3.05) is 9.80 Å². The molecule has 0 fully saturated rings. The van der Waals surface area contributed by atoms with Gasteiger partial charge in [0.25, 0.3) is 0 Å². The zero-order valence-corrected chi connectivity index (χ0v) is 39.9. The number of benzene rings is 15. The van der Waals surface area contributed by atoms with Crippen LogP contribution in [-0.4, -0.2) is 0 Å². The maximum absolute atomic E-state index is 15.8. The SMILES string of the molecule is Fc1ccc2c(c1)c1cc(N(c3ccc4ccccc4c3)c3ccc4ccccc4c3)ccc1c1cc3c4ccc(F)cc4c4cc(N(c5ccc6ccccc6c5)c5ccc6ccccc6c5)ccc4c3cc21. The van der Waals surface area contributed by atoms with Gasteiger partial charge in [-0.1, -0.05) is 146 Å². The van der Waals surface area contributed by atoms with E-state index in [9.17, 15) is 0 Å². The van der Waals surface area contributed by atoms with Crippen molar-refractivity contribution in [2.24, 2.45) is 0 Å². The van der Waals surface area contributed by atoms with Crippen LogP contribution < -0.4 is 9.80 Å². The van der Waals surface area contributed by atoms with Gasteiger partial charge in [-0.05, 0) is 217 Å². The number of halogens is 2. The van der Waals surface area contributed by atoms with E-state index >= 15 is 8.78 Å². The van der Waals surface area contributed by atoms with Gasteiger partial charge in [-0.25, -0.2) is 8.78 Å². The first-order valence-corrected chi connectivity index (χ1v) is 25.1. The summed E-state index contributed by atoms with van der Waals surface area (Å²) in [6.45, 7) is 0. The minimum Gasteiger partial charge on any atom is -0.310 e. The molecule has 0 atom stereocenters. The summed E-state index contributed by atoms with van der Waals surface area (Å²) in [5.41, 5.74) is 5.99. The van der Waals surface area contributed by atoms with Crippen molar-refractivity contribution in [1.82, 2.24) is 0 Å². The summed E-state index contributed by atoms with van der Waals surface area (Å²) < 4.78 is 31.6. The summed E-state index contributed by atoms with van der Waals surface area (Å²) in [4.78, 5) is 4.61. The Bertz CT molecular complexity index is 4380. The summed E-state index contributed by atoms with van der Waals surface area (Å²) in [5.74, 6) is -0.586. The lowest BCUT2D eigenvalue weighted by Crippen LogP contribution is -2.10. The Hall–Kier alpha value is -9.64. The lowest BCUT2D eigenvalue weighted by molar-refractivity contribution is 0.629. The molecule has 0 amide bonds. The second kappa shape index (κ2) is 16.5. The third kappa shape index (κ3) is 6.76. The van der Waals surface area contributed by atoms with Gasteiger partial charge >= 0.3 is 0 Å². The lowest BCUT2D eigenvalue weighted by atomic mass is 9.88. The van der Waals surface area contributed by atoms with Crippen molar-refractivity contribution in [3.63, 3.8) is 0 Å². The number of hydrogen-bond acceptors (Lipinski definition) is 2. The van der Waals surface area contributed by atoms with Gasteiger partial charge in [0.1, 0.15) is 11.6 Å². The van der Waals surface area contributed by atoms with Crippen molar-refractivity contribution >= 4 is 142 Å². The van der Waals surface area contributed by atoms with E-state index in [2.05, 4.69) is 228 Å². The highest BCUT2D eigenvalue weighted by Gasteiger charge is 2.21. The van der Waals surface area contributed by atoms with Crippen LogP contribution in [0.5, 0.6) is 0 Å². The van der Waals surface area contributed by atoms with E-state index in [-0.39, 0.29) is 11.6 Å². The maximum atomic E-state index is 15.8. The van der Waals surface area contributed by atoms with Crippen LogP contribution in [0.2, 0.25) is 0 Å². The lowest BCUT2D eigenvalue weighted by Gasteiger charge is -2.27. The molecule has 346 valence electrons. The quantitative estimate of drug-likeness (QED) is 0.121. The topological polar surface area (TPSA) is 6.48 Å². The predicted molar refractivity (Wildman–Crippen MR) is 311 cm³/mol. The van der Waals surface area contributed by atoms with E-state index in [0.29, 0.717) is 0 Å². The molecule has 0 spiro atoms. The molecule has 0 aliphatic heterocycles. The Balaban J connectivity index is 0.966. The molecule has 0 bridgehead atoms. The molecule has 74 heavy (non-hydrogen) atoms. The zero-order valence-electron chi connectivity index (χ0n) is 39.9. The summed E-state index contributed by atoms with van der Waals surface area (Å²) in [5, 5.41) is 20.9. The molecule has 0 unspecified atom stereocenters. The van der Waals surface area contributed by atoms with Gasteiger partial charge in [-0.2, -0.15) is 0 Å². The van der Waals surface area contributed by atoms with Crippen LogP contribution in [0.25, 0.3) is 108 Å². The summed E-state index contributed by atoms with van der Waals surface area (Å²) >= 11 is 0. The number of rotatable bonds is 6. The fourth-order valence-corrected chi connectivity index (χ4v) is 11.9. The fraction of sp³-hybridized carbons (Fsp3) is 0. The first-order valence-electron chi connectivity index (χ1n) is 25.1.